The molecule has 0 aliphatic carbocycles. The summed E-state index contributed by atoms with van der Waals surface area (Å²) in [4.78, 5) is 11.5. The van der Waals surface area contributed by atoms with Crippen molar-refractivity contribution in [3.8, 4) is 0 Å². The third-order valence-corrected chi connectivity index (χ3v) is 3.64. The van der Waals surface area contributed by atoms with Crippen LogP contribution in [0.2, 0.25) is 0 Å². The largest absolute Gasteiger partial charge is 0.466 e. The minimum absolute atomic E-state index is 0.217. The predicted molar refractivity (Wildman–Crippen MR) is 81.8 cm³/mol. The van der Waals surface area contributed by atoms with E-state index >= 15 is 0 Å². The number of halogens is 1. The van der Waals surface area contributed by atoms with Crippen molar-refractivity contribution in [1.29, 1.82) is 0 Å². The van der Waals surface area contributed by atoms with Gasteiger partial charge in [-0.3, -0.25) is 4.79 Å². The summed E-state index contributed by atoms with van der Waals surface area (Å²) in [7, 11) is 0. The fourth-order valence-corrected chi connectivity index (χ4v) is 2.64. The lowest BCUT2D eigenvalue weighted by atomic mass is 10.1. The summed E-state index contributed by atoms with van der Waals surface area (Å²) in [6.07, 6.45) is 0.268. The van der Waals surface area contributed by atoms with Crippen LogP contribution in [0.3, 0.4) is 0 Å². The highest BCUT2D eigenvalue weighted by atomic mass is 79.9. The van der Waals surface area contributed by atoms with E-state index in [1.54, 1.807) is 6.92 Å². The molecular formula is C16H13BrO3. The summed E-state index contributed by atoms with van der Waals surface area (Å²) >= 11 is 3.46. The fourth-order valence-electron chi connectivity index (χ4n) is 2.28. The lowest BCUT2D eigenvalue weighted by molar-refractivity contribution is -0.142. The van der Waals surface area contributed by atoms with Crippen LogP contribution in [0.1, 0.15) is 12.5 Å². The number of esters is 1. The van der Waals surface area contributed by atoms with E-state index in [0.717, 1.165) is 32.0 Å². The standard InChI is InChI=1S/C16H13BrO3/c1-2-19-16(18)8-10-3-5-12-13-9-11(17)4-6-14(13)20-15(12)7-10/h3-7,9H,2,8H2,1H3. The first-order chi connectivity index (χ1) is 9.67. The molecule has 0 saturated heterocycles. The van der Waals surface area contributed by atoms with E-state index in [-0.39, 0.29) is 12.4 Å². The maximum Gasteiger partial charge on any atom is 0.310 e. The molecule has 0 N–H and O–H groups in total. The molecule has 20 heavy (non-hydrogen) atoms. The number of ether oxygens (including phenoxy) is 1. The van der Waals surface area contributed by atoms with Crippen molar-refractivity contribution in [3.05, 3.63) is 46.4 Å². The number of fused-ring (bicyclic) bond motifs is 3. The highest BCUT2D eigenvalue weighted by Gasteiger charge is 2.10. The average Bonchev–Trinajstić information content (AvgIpc) is 2.76. The summed E-state index contributed by atoms with van der Waals surface area (Å²) in [5.74, 6) is -0.217. The zero-order valence-corrected chi connectivity index (χ0v) is 12.6. The molecule has 0 fully saturated rings. The van der Waals surface area contributed by atoms with Crippen LogP contribution in [0.4, 0.5) is 0 Å². The van der Waals surface area contributed by atoms with E-state index in [9.17, 15) is 4.79 Å². The normalized spacial score (nSPS) is 11.1. The Hall–Kier alpha value is -1.81. The lowest BCUT2D eigenvalue weighted by Gasteiger charge is -2.01. The van der Waals surface area contributed by atoms with Crippen molar-refractivity contribution in [3.63, 3.8) is 0 Å². The van der Waals surface area contributed by atoms with Gasteiger partial charge < -0.3 is 9.15 Å². The van der Waals surface area contributed by atoms with Gasteiger partial charge in [0.05, 0.1) is 13.0 Å². The Morgan fingerprint density at radius 1 is 1.15 bits per heavy atom. The molecule has 3 aromatic rings. The predicted octanol–water partition coefficient (Wildman–Crippen LogP) is 4.45. The summed E-state index contributed by atoms with van der Waals surface area (Å²) in [6, 6.07) is 11.7. The molecule has 0 saturated carbocycles. The van der Waals surface area contributed by atoms with Crippen LogP contribution in [0, 0.1) is 0 Å². The molecule has 0 aliphatic rings. The summed E-state index contributed by atoms with van der Waals surface area (Å²) in [6.45, 7) is 2.21. The van der Waals surface area contributed by atoms with Gasteiger partial charge in [0.1, 0.15) is 11.2 Å². The molecule has 2 aromatic carbocycles. The molecule has 0 bridgehead atoms. The second-order valence-electron chi connectivity index (χ2n) is 4.55. The van der Waals surface area contributed by atoms with Gasteiger partial charge in [-0.2, -0.15) is 0 Å². The molecule has 0 aliphatic heterocycles. The summed E-state index contributed by atoms with van der Waals surface area (Å²) in [5.41, 5.74) is 2.53. The maximum atomic E-state index is 11.5. The fraction of sp³-hybridized carbons (Fsp3) is 0.188. The number of benzene rings is 2. The zero-order valence-electron chi connectivity index (χ0n) is 11.0. The Kier molecular flexibility index (Phi) is 3.49. The SMILES string of the molecule is CCOC(=O)Cc1ccc2c(c1)oc1ccc(Br)cc12. The molecule has 4 heteroatoms. The van der Waals surface area contributed by atoms with Crippen molar-refractivity contribution in [2.45, 2.75) is 13.3 Å². The molecule has 0 unspecified atom stereocenters. The molecule has 0 radical (unpaired) electrons. The van der Waals surface area contributed by atoms with Gasteiger partial charge in [0.15, 0.2) is 0 Å². The van der Waals surface area contributed by atoms with Crippen LogP contribution >= 0.6 is 15.9 Å². The Bertz CT molecular complexity index is 789. The highest BCUT2D eigenvalue weighted by Crippen LogP contribution is 2.31. The number of carbonyl (C=O) groups is 1. The highest BCUT2D eigenvalue weighted by molar-refractivity contribution is 9.10. The van der Waals surface area contributed by atoms with Gasteiger partial charge in [-0.25, -0.2) is 0 Å². The van der Waals surface area contributed by atoms with Gasteiger partial charge in [-0.15, -0.1) is 0 Å². The molecular weight excluding hydrogens is 320 g/mol. The number of hydrogen-bond acceptors (Lipinski definition) is 3. The van der Waals surface area contributed by atoms with E-state index in [4.69, 9.17) is 9.15 Å². The first-order valence-corrected chi connectivity index (χ1v) is 7.23. The van der Waals surface area contributed by atoms with E-state index in [0.29, 0.717) is 6.61 Å². The number of hydrogen-bond donors (Lipinski definition) is 0. The Labute approximate surface area is 124 Å². The molecule has 0 atom stereocenters. The van der Waals surface area contributed by atoms with Crippen LogP contribution in [0.15, 0.2) is 45.3 Å². The molecule has 3 nitrogen and oxygen atoms in total. The second-order valence-corrected chi connectivity index (χ2v) is 5.47. The monoisotopic (exact) mass is 332 g/mol. The number of carbonyl (C=O) groups excluding carboxylic acids is 1. The third kappa shape index (κ3) is 2.43. The van der Waals surface area contributed by atoms with Crippen LogP contribution in [0.5, 0.6) is 0 Å². The Morgan fingerprint density at radius 3 is 2.80 bits per heavy atom. The van der Waals surface area contributed by atoms with Crippen molar-refractivity contribution >= 4 is 43.8 Å². The molecule has 0 spiro atoms. The molecule has 102 valence electrons. The maximum absolute atomic E-state index is 11.5. The van der Waals surface area contributed by atoms with Crippen LogP contribution in [-0.2, 0) is 16.0 Å². The molecule has 0 amide bonds. The van der Waals surface area contributed by atoms with Gasteiger partial charge in [-0.05, 0) is 36.8 Å². The Morgan fingerprint density at radius 2 is 2.00 bits per heavy atom. The van der Waals surface area contributed by atoms with E-state index < -0.39 is 0 Å². The minimum atomic E-state index is -0.217. The van der Waals surface area contributed by atoms with Crippen molar-refractivity contribution in [1.82, 2.24) is 0 Å². The van der Waals surface area contributed by atoms with Gasteiger partial charge in [0.2, 0.25) is 0 Å². The quantitative estimate of drug-likeness (QED) is 0.665. The van der Waals surface area contributed by atoms with E-state index in [2.05, 4.69) is 15.9 Å². The first kappa shape index (κ1) is 13.2. The summed E-state index contributed by atoms with van der Waals surface area (Å²) < 4.78 is 11.8. The molecule has 3 rings (SSSR count). The topological polar surface area (TPSA) is 39.4 Å². The van der Waals surface area contributed by atoms with Crippen molar-refractivity contribution in [2.24, 2.45) is 0 Å². The number of rotatable bonds is 3. The Balaban J connectivity index is 2.03. The third-order valence-electron chi connectivity index (χ3n) is 3.15. The van der Waals surface area contributed by atoms with Gasteiger partial charge in [0, 0.05) is 15.2 Å². The van der Waals surface area contributed by atoms with Gasteiger partial charge >= 0.3 is 5.97 Å². The first-order valence-electron chi connectivity index (χ1n) is 6.43. The van der Waals surface area contributed by atoms with Gasteiger partial charge in [-0.1, -0.05) is 28.1 Å². The van der Waals surface area contributed by atoms with Crippen LogP contribution in [0.25, 0.3) is 21.9 Å². The average molecular weight is 333 g/mol. The van der Waals surface area contributed by atoms with Crippen molar-refractivity contribution < 1.29 is 13.9 Å². The zero-order chi connectivity index (χ0) is 14.1. The lowest BCUT2D eigenvalue weighted by Crippen LogP contribution is -2.07. The summed E-state index contributed by atoms with van der Waals surface area (Å²) in [5, 5.41) is 2.12. The van der Waals surface area contributed by atoms with E-state index in [1.807, 2.05) is 36.4 Å². The van der Waals surface area contributed by atoms with E-state index in [1.165, 1.54) is 0 Å². The second kappa shape index (κ2) is 5.29. The van der Waals surface area contributed by atoms with Crippen LogP contribution < -0.4 is 0 Å². The smallest absolute Gasteiger partial charge is 0.310 e. The van der Waals surface area contributed by atoms with Crippen LogP contribution in [-0.4, -0.2) is 12.6 Å². The minimum Gasteiger partial charge on any atom is -0.466 e. The number of furan rings is 1. The van der Waals surface area contributed by atoms with Gasteiger partial charge in [0.25, 0.3) is 0 Å². The van der Waals surface area contributed by atoms with Crippen molar-refractivity contribution in [2.75, 3.05) is 6.61 Å². The molecule has 1 aromatic heterocycles. The molecule has 1 heterocycles.